The van der Waals surface area contributed by atoms with Crippen LogP contribution in [0.15, 0.2) is 54.6 Å². The molecule has 3 aromatic rings. The normalized spacial score (nSPS) is 21.3. The molecule has 2 aromatic carbocycles. The van der Waals surface area contributed by atoms with Crippen LogP contribution in [0.25, 0.3) is 11.3 Å². The molecule has 1 aromatic heterocycles. The fourth-order valence-electron chi connectivity index (χ4n) is 4.23. The van der Waals surface area contributed by atoms with Gasteiger partial charge in [0.15, 0.2) is 0 Å². The second kappa shape index (κ2) is 6.87. The van der Waals surface area contributed by atoms with Crippen molar-refractivity contribution in [2.75, 3.05) is 13.2 Å². The Hall–Kier alpha value is -2.99. The Kier molecular flexibility index (Phi) is 4.20. The molecule has 3 heterocycles. The molecule has 5 rings (SSSR count). The lowest BCUT2D eigenvalue weighted by Gasteiger charge is -2.28. The number of nitrogens with zero attached hydrogens (tertiary/aromatic N) is 2. The number of hydrogen-bond acceptors (Lipinski definition) is 3. The fraction of sp³-hybridized carbons (Fsp3) is 0.273. The van der Waals surface area contributed by atoms with Gasteiger partial charge in [-0.1, -0.05) is 42.5 Å². The summed E-state index contributed by atoms with van der Waals surface area (Å²) in [7, 11) is 0. The van der Waals surface area contributed by atoms with Crippen LogP contribution in [0, 0.1) is 5.82 Å². The summed E-state index contributed by atoms with van der Waals surface area (Å²) in [6.07, 6.45) is 1.94. The number of nitrogens with one attached hydrogen (secondary N) is 1. The molecule has 1 fully saturated rings. The molecule has 28 heavy (non-hydrogen) atoms. The van der Waals surface area contributed by atoms with E-state index in [0.717, 1.165) is 41.8 Å². The van der Waals surface area contributed by atoms with Gasteiger partial charge in [-0.25, -0.2) is 4.39 Å². The van der Waals surface area contributed by atoms with E-state index in [1.807, 2.05) is 36.4 Å². The number of H-pyrrole nitrogens is 1. The Labute approximate surface area is 162 Å². The fourth-order valence-corrected chi connectivity index (χ4v) is 4.23. The highest BCUT2D eigenvalue weighted by Gasteiger charge is 2.43. The summed E-state index contributed by atoms with van der Waals surface area (Å²) < 4.78 is 19.8. The third kappa shape index (κ3) is 2.81. The lowest BCUT2D eigenvalue weighted by molar-refractivity contribution is 0.0495. The molecular weight excluding hydrogens is 357 g/mol. The van der Waals surface area contributed by atoms with Crippen molar-refractivity contribution in [1.29, 1.82) is 0 Å². The summed E-state index contributed by atoms with van der Waals surface area (Å²) in [4.78, 5) is 15.0. The van der Waals surface area contributed by atoms with Crippen LogP contribution in [0.1, 0.15) is 40.5 Å². The first kappa shape index (κ1) is 17.1. The third-order valence-corrected chi connectivity index (χ3v) is 5.50. The molecule has 2 atom stereocenters. The second-order valence-corrected chi connectivity index (χ2v) is 7.28. The average Bonchev–Trinajstić information content (AvgIpc) is 3.42. The van der Waals surface area contributed by atoms with Crippen LogP contribution >= 0.6 is 0 Å². The zero-order valence-corrected chi connectivity index (χ0v) is 15.3. The van der Waals surface area contributed by atoms with Crippen molar-refractivity contribution in [3.8, 4) is 11.3 Å². The predicted octanol–water partition coefficient (Wildman–Crippen LogP) is 3.94. The Morgan fingerprint density at radius 2 is 2.04 bits per heavy atom. The van der Waals surface area contributed by atoms with Gasteiger partial charge in [-0.2, -0.15) is 5.10 Å². The molecule has 0 saturated carbocycles. The topological polar surface area (TPSA) is 58.2 Å². The zero-order valence-electron chi connectivity index (χ0n) is 15.3. The van der Waals surface area contributed by atoms with Gasteiger partial charge in [-0.3, -0.25) is 9.89 Å². The van der Waals surface area contributed by atoms with Gasteiger partial charge in [0, 0.05) is 24.3 Å². The number of aromatic amines is 1. The van der Waals surface area contributed by atoms with E-state index < -0.39 is 6.04 Å². The molecule has 0 bridgehead atoms. The van der Waals surface area contributed by atoms with Gasteiger partial charge in [0.2, 0.25) is 0 Å². The third-order valence-electron chi connectivity index (χ3n) is 5.50. The number of rotatable bonds is 4. The smallest absolute Gasteiger partial charge is 0.273 e. The summed E-state index contributed by atoms with van der Waals surface area (Å²) in [5, 5.41) is 7.35. The zero-order chi connectivity index (χ0) is 19.1. The molecule has 5 nitrogen and oxygen atoms in total. The van der Waals surface area contributed by atoms with Crippen LogP contribution in [0.2, 0.25) is 0 Å². The van der Waals surface area contributed by atoms with Crippen LogP contribution in [-0.2, 0) is 4.74 Å². The largest absolute Gasteiger partial charge is 0.376 e. The quantitative estimate of drug-likeness (QED) is 0.749. The Morgan fingerprint density at radius 3 is 2.79 bits per heavy atom. The minimum atomic E-state index is -0.392. The van der Waals surface area contributed by atoms with Crippen LogP contribution in [0.4, 0.5) is 4.39 Å². The molecule has 6 heteroatoms. The van der Waals surface area contributed by atoms with E-state index in [-0.39, 0.29) is 17.8 Å². The maximum Gasteiger partial charge on any atom is 0.273 e. The molecule has 0 spiro atoms. The van der Waals surface area contributed by atoms with E-state index in [2.05, 4.69) is 10.2 Å². The van der Waals surface area contributed by atoms with E-state index >= 15 is 0 Å². The van der Waals surface area contributed by atoms with E-state index in [1.165, 1.54) is 12.1 Å². The summed E-state index contributed by atoms with van der Waals surface area (Å²) >= 11 is 0. The Bertz CT molecular complexity index is 1010. The molecule has 1 N–H and O–H groups in total. The minimum Gasteiger partial charge on any atom is -0.376 e. The van der Waals surface area contributed by atoms with Gasteiger partial charge in [0.1, 0.15) is 11.5 Å². The first-order chi connectivity index (χ1) is 13.7. The maximum absolute atomic E-state index is 14.0. The first-order valence-corrected chi connectivity index (χ1v) is 9.54. The van der Waals surface area contributed by atoms with E-state index in [9.17, 15) is 9.18 Å². The summed E-state index contributed by atoms with van der Waals surface area (Å²) in [6, 6.07) is 15.8. The van der Waals surface area contributed by atoms with Crippen molar-refractivity contribution < 1.29 is 13.9 Å². The average molecular weight is 377 g/mol. The van der Waals surface area contributed by atoms with E-state index in [1.54, 1.807) is 11.0 Å². The summed E-state index contributed by atoms with van der Waals surface area (Å²) in [5.41, 5.74) is 3.68. The lowest BCUT2D eigenvalue weighted by Crippen LogP contribution is -2.36. The number of fused-ring (bicyclic) bond motifs is 1. The van der Waals surface area contributed by atoms with Gasteiger partial charge < -0.3 is 9.64 Å². The molecule has 0 aliphatic carbocycles. The molecule has 1 amide bonds. The molecule has 0 radical (unpaired) electrons. The van der Waals surface area contributed by atoms with Crippen molar-refractivity contribution in [1.82, 2.24) is 15.1 Å². The number of carbonyl (C=O) groups is 1. The standard InChI is InChI=1S/C22H20FN3O2/c23-16-9-4-8-15(12-16)21-18-19(14-6-2-1-3-7-14)24-25-20(18)22(27)26(21)13-17-10-5-11-28-17/h1-4,6-9,12,17,21H,5,10-11,13H2,(H,24,25). The van der Waals surface area contributed by atoms with E-state index in [0.29, 0.717) is 12.2 Å². The highest BCUT2D eigenvalue weighted by Crippen LogP contribution is 2.43. The molecule has 142 valence electrons. The number of benzene rings is 2. The van der Waals surface area contributed by atoms with Crippen molar-refractivity contribution >= 4 is 5.91 Å². The number of aromatic nitrogens is 2. The lowest BCUT2D eigenvalue weighted by atomic mass is 9.96. The van der Waals surface area contributed by atoms with Gasteiger partial charge in [-0.05, 0) is 30.5 Å². The predicted molar refractivity (Wildman–Crippen MR) is 102 cm³/mol. The number of hydrogen-bond donors (Lipinski definition) is 1. The van der Waals surface area contributed by atoms with Crippen LogP contribution in [0.3, 0.4) is 0 Å². The van der Waals surface area contributed by atoms with Crippen LogP contribution in [-0.4, -0.2) is 40.3 Å². The molecule has 1 saturated heterocycles. The number of halogens is 1. The van der Waals surface area contributed by atoms with Gasteiger partial charge in [-0.15, -0.1) is 0 Å². The maximum atomic E-state index is 14.0. The van der Waals surface area contributed by atoms with Gasteiger partial charge >= 0.3 is 0 Å². The van der Waals surface area contributed by atoms with Gasteiger partial charge in [0.25, 0.3) is 5.91 Å². The highest BCUT2D eigenvalue weighted by atomic mass is 19.1. The van der Waals surface area contributed by atoms with E-state index in [4.69, 9.17) is 4.74 Å². The molecule has 2 aliphatic rings. The second-order valence-electron chi connectivity index (χ2n) is 7.28. The minimum absolute atomic E-state index is 0.0112. The summed E-state index contributed by atoms with van der Waals surface area (Å²) in [5.74, 6) is -0.435. The highest BCUT2D eigenvalue weighted by molar-refractivity contribution is 6.00. The number of amides is 1. The van der Waals surface area contributed by atoms with Crippen LogP contribution < -0.4 is 0 Å². The SMILES string of the molecule is O=C1c2[nH]nc(-c3ccccc3)c2C(c2cccc(F)c2)N1CC1CCCO1. The van der Waals surface area contributed by atoms with Crippen molar-refractivity contribution in [2.45, 2.75) is 25.0 Å². The first-order valence-electron chi connectivity index (χ1n) is 9.54. The molecular formula is C22H20FN3O2. The number of ether oxygens (including phenoxy) is 1. The van der Waals surface area contributed by atoms with Crippen LogP contribution in [0.5, 0.6) is 0 Å². The number of carbonyl (C=O) groups excluding carboxylic acids is 1. The van der Waals surface area contributed by atoms with Crippen molar-refractivity contribution in [3.05, 3.63) is 77.2 Å². The Balaban J connectivity index is 1.63. The molecule has 2 aliphatic heterocycles. The van der Waals surface area contributed by atoms with Crippen molar-refractivity contribution in [2.24, 2.45) is 0 Å². The Morgan fingerprint density at radius 1 is 1.18 bits per heavy atom. The summed E-state index contributed by atoms with van der Waals surface area (Å²) in [6.45, 7) is 1.20. The van der Waals surface area contributed by atoms with Crippen molar-refractivity contribution in [3.63, 3.8) is 0 Å². The molecule has 2 unspecified atom stereocenters. The monoisotopic (exact) mass is 377 g/mol. The van der Waals surface area contributed by atoms with Gasteiger partial charge in [0.05, 0.1) is 17.8 Å².